The van der Waals surface area contributed by atoms with E-state index in [9.17, 15) is 4.79 Å². The number of halogens is 1. The van der Waals surface area contributed by atoms with Crippen molar-refractivity contribution >= 4 is 18.3 Å². The number of carbonyl (C=O) groups excluding carboxylic acids is 1. The largest absolute Gasteiger partial charge is 0.348 e. The van der Waals surface area contributed by atoms with E-state index in [-0.39, 0.29) is 35.7 Å². The summed E-state index contributed by atoms with van der Waals surface area (Å²) < 4.78 is 1.74. The Labute approximate surface area is 153 Å². The van der Waals surface area contributed by atoms with Crippen molar-refractivity contribution in [3.8, 4) is 5.69 Å². The van der Waals surface area contributed by atoms with Gasteiger partial charge < -0.3 is 10.6 Å². The number of hydrogen-bond acceptors (Lipinski definition) is 4. The molecule has 1 aliphatic carbocycles. The molecule has 4 rings (SSSR count). The third kappa shape index (κ3) is 3.55. The molecule has 2 fully saturated rings. The van der Waals surface area contributed by atoms with Gasteiger partial charge in [0.05, 0.1) is 17.9 Å². The Balaban J connectivity index is 0.00000182. The molecule has 2 atom stereocenters. The zero-order valence-electron chi connectivity index (χ0n) is 14.3. The fourth-order valence-electron chi connectivity index (χ4n) is 3.77. The summed E-state index contributed by atoms with van der Waals surface area (Å²) in [5, 5.41) is 14.9. The molecular formula is C18H24ClN5O. The Hall–Kier alpha value is -1.92. The topological polar surface area (TPSA) is 71.8 Å². The van der Waals surface area contributed by atoms with Gasteiger partial charge in [-0.2, -0.15) is 0 Å². The Bertz CT molecular complexity index is 726. The highest BCUT2D eigenvalue weighted by atomic mass is 35.5. The van der Waals surface area contributed by atoms with Gasteiger partial charge in [0.2, 0.25) is 5.91 Å². The Morgan fingerprint density at radius 3 is 2.76 bits per heavy atom. The van der Waals surface area contributed by atoms with E-state index < -0.39 is 0 Å². The first kappa shape index (κ1) is 17.9. The standard InChI is InChI=1S/C18H23N5O.ClH/c1-13(16-12-23(22-21-16)14-5-3-2-4-6-14)20-17(24)15-11-18(15)7-9-19-10-8-18;/h2-6,12-13,15,19H,7-11H2,1H3,(H,20,24);1H. The zero-order valence-corrected chi connectivity index (χ0v) is 15.1. The van der Waals surface area contributed by atoms with E-state index in [1.54, 1.807) is 4.68 Å². The fraction of sp³-hybridized carbons (Fsp3) is 0.500. The van der Waals surface area contributed by atoms with Crippen LogP contribution in [0.1, 0.15) is 37.9 Å². The quantitative estimate of drug-likeness (QED) is 0.876. The van der Waals surface area contributed by atoms with Gasteiger partial charge >= 0.3 is 0 Å². The normalized spacial score (nSPS) is 22.0. The summed E-state index contributed by atoms with van der Waals surface area (Å²) >= 11 is 0. The lowest BCUT2D eigenvalue weighted by Gasteiger charge is -2.23. The van der Waals surface area contributed by atoms with Crippen molar-refractivity contribution in [1.29, 1.82) is 0 Å². The van der Waals surface area contributed by atoms with Gasteiger partial charge in [-0.25, -0.2) is 4.68 Å². The minimum atomic E-state index is -0.130. The van der Waals surface area contributed by atoms with Crippen molar-refractivity contribution in [2.75, 3.05) is 13.1 Å². The molecule has 7 heteroatoms. The summed E-state index contributed by atoms with van der Waals surface area (Å²) in [6, 6.07) is 9.73. The van der Waals surface area contributed by atoms with Crippen LogP contribution in [0, 0.1) is 11.3 Å². The van der Waals surface area contributed by atoms with Crippen LogP contribution < -0.4 is 10.6 Å². The van der Waals surface area contributed by atoms with E-state index >= 15 is 0 Å². The lowest BCUT2D eigenvalue weighted by molar-refractivity contribution is -0.124. The second-order valence-electron chi connectivity index (χ2n) is 7.02. The van der Waals surface area contributed by atoms with Gasteiger partial charge in [0.25, 0.3) is 0 Å². The monoisotopic (exact) mass is 361 g/mol. The maximum absolute atomic E-state index is 12.6. The summed E-state index contributed by atoms with van der Waals surface area (Å²) in [6.45, 7) is 4.03. The van der Waals surface area contributed by atoms with Crippen LogP contribution in [0.4, 0.5) is 0 Å². The summed E-state index contributed by atoms with van der Waals surface area (Å²) in [5.74, 6) is 0.338. The Kier molecular flexibility index (Phi) is 5.11. The van der Waals surface area contributed by atoms with Gasteiger partial charge in [-0.3, -0.25) is 4.79 Å². The van der Waals surface area contributed by atoms with Gasteiger partial charge in [0.15, 0.2) is 0 Å². The molecule has 1 aliphatic heterocycles. The number of hydrogen-bond donors (Lipinski definition) is 2. The van der Waals surface area contributed by atoms with Crippen LogP contribution in [-0.2, 0) is 4.79 Å². The van der Waals surface area contributed by atoms with Gasteiger partial charge in [-0.15, -0.1) is 17.5 Å². The molecule has 2 N–H and O–H groups in total. The van der Waals surface area contributed by atoms with Crippen molar-refractivity contribution in [3.05, 3.63) is 42.2 Å². The molecule has 1 aromatic heterocycles. The molecule has 1 saturated carbocycles. The first-order valence-corrected chi connectivity index (χ1v) is 8.67. The predicted molar refractivity (Wildman–Crippen MR) is 97.8 cm³/mol. The molecule has 134 valence electrons. The molecule has 0 radical (unpaired) electrons. The highest BCUT2D eigenvalue weighted by Crippen LogP contribution is 2.58. The molecule has 1 aromatic carbocycles. The molecule has 2 heterocycles. The van der Waals surface area contributed by atoms with Crippen molar-refractivity contribution in [1.82, 2.24) is 25.6 Å². The molecule has 2 unspecified atom stereocenters. The van der Waals surface area contributed by atoms with E-state index in [1.807, 2.05) is 43.5 Å². The number of benzene rings is 1. The minimum absolute atomic E-state index is 0. The number of para-hydroxylation sites is 1. The first-order chi connectivity index (χ1) is 11.7. The van der Waals surface area contributed by atoms with Crippen LogP contribution in [-0.4, -0.2) is 34.0 Å². The van der Waals surface area contributed by atoms with E-state index in [0.29, 0.717) is 0 Å². The minimum Gasteiger partial charge on any atom is -0.348 e. The molecule has 2 aliphatic rings. The van der Waals surface area contributed by atoms with Crippen LogP contribution in [0.15, 0.2) is 36.5 Å². The zero-order chi connectivity index (χ0) is 16.6. The van der Waals surface area contributed by atoms with E-state index in [0.717, 1.165) is 43.7 Å². The van der Waals surface area contributed by atoms with Crippen LogP contribution >= 0.6 is 12.4 Å². The summed E-state index contributed by atoms with van der Waals surface area (Å²) in [7, 11) is 0. The number of amides is 1. The number of rotatable bonds is 4. The number of piperidine rings is 1. The number of aromatic nitrogens is 3. The Morgan fingerprint density at radius 2 is 2.04 bits per heavy atom. The summed E-state index contributed by atoms with van der Waals surface area (Å²) in [4.78, 5) is 12.6. The van der Waals surface area contributed by atoms with Crippen molar-refractivity contribution in [2.45, 2.75) is 32.2 Å². The maximum Gasteiger partial charge on any atom is 0.224 e. The third-order valence-corrected chi connectivity index (χ3v) is 5.44. The third-order valence-electron chi connectivity index (χ3n) is 5.44. The Morgan fingerprint density at radius 1 is 1.32 bits per heavy atom. The fourth-order valence-corrected chi connectivity index (χ4v) is 3.77. The van der Waals surface area contributed by atoms with Crippen LogP contribution in [0.25, 0.3) is 5.69 Å². The van der Waals surface area contributed by atoms with Crippen LogP contribution in [0.3, 0.4) is 0 Å². The molecule has 6 nitrogen and oxygen atoms in total. The van der Waals surface area contributed by atoms with Crippen molar-refractivity contribution in [2.24, 2.45) is 11.3 Å². The van der Waals surface area contributed by atoms with Gasteiger partial charge in [-0.1, -0.05) is 23.4 Å². The average molecular weight is 362 g/mol. The smallest absolute Gasteiger partial charge is 0.224 e. The molecular weight excluding hydrogens is 338 g/mol. The molecule has 0 bridgehead atoms. The lowest BCUT2D eigenvalue weighted by Crippen LogP contribution is -2.34. The van der Waals surface area contributed by atoms with Crippen molar-refractivity contribution < 1.29 is 4.79 Å². The van der Waals surface area contributed by atoms with Crippen molar-refractivity contribution in [3.63, 3.8) is 0 Å². The molecule has 1 amide bonds. The van der Waals surface area contributed by atoms with Crippen LogP contribution in [0.2, 0.25) is 0 Å². The van der Waals surface area contributed by atoms with E-state index in [1.165, 1.54) is 0 Å². The highest BCUT2D eigenvalue weighted by Gasteiger charge is 2.57. The van der Waals surface area contributed by atoms with E-state index in [2.05, 4.69) is 20.9 Å². The van der Waals surface area contributed by atoms with E-state index in [4.69, 9.17) is 0 Å². The molecule has 25 heavy (non-hydrogen) atoms. The molecule has 2 aromatic rings. The van der Waals surface area contributed by atoms with Crippen LogP contribution in [0.5, 0.6) is 0 Å². The summed E-state index contributed by atoms with van der Waals surface area (Å²) in [6.07, 6.45) is 5.14. The van der Waals surface area contributed by atoms with Gasteiger partial charge in [0, 0.05) is 5.92 Å². The molecule has 1 saturated heterocycles. The number of nitrogens with zero attached hydrogens (tertiary/aromatic N) is 3. The second kappa shape index (κ2) is 7.14. The number of carbonyl (C=O) groups is 1. The van der Waals surface area contributed by atoms with Gasteiger partial charge in [-0.05, 0) is 56.8 Å². The average Bonchev–Trinajstić information content (AvgIpc) is 3.08. The highest BCUT2D eigenvalue weighted by molar-refractivity contribution is 5.85. The molecule has 1 spiro atoms. The van der Waals surface area contributed by atoms with Gasteiger partial charge in [0.1, 0.15) is 5.69 Å². The number of nitrogens with one attached hydrogen (secondary N) is 2. The second-order valence-corrected chi connectivity index (χ2v) is 7.02. The maximum atomic E-state index is 12.6. The summed E-state index contributed by atoms with van der Waals surface area (Å²) in [5.41, 5.74) is 2.01. The first-order valence-electron chi connectivity index (χ1n) is 8.67. The SMILES string of the molecule is CC(NC(=O)C1CC12CCNCC2)c1cn(-c2ccccc2)nn1.Cl. The lowest BCUT2D eigenvalue weighted by atomic mass is 9.91. The predicted octanol–water partition coefficient (Wildman–Crippen LogP) is 2.26.